The van der Waals surface area contributed by atoms with Gasteiger partial charge in [0.25, 0.3) is 0 Å². The summed E-state index contributed by atoms with van der Waals surface area (Å²) < 4.78 is 38.8. The van der Waals surface area contributed by atoms with Gasteiger partial charge in [0, 0.05) is 44.4 Å². The summed E-state index contributed by atoms with van der Waals surface area (Å²) in [4.78, 5) is 50.3. The minimum atomic E-state index is -0.502. The van der Waals surface area contributed by atoms with Crippen molar-refractivity contribution >= 4 is 17.8 Å². The fourth-order valence-corrected chi connectivity index (χ4v) is 6.69. The first-order valence-electron chi connectivity index (χ1n) is 17.0. The maximum atomic E-state index is 13.2. The van der Waals surface area contributed by atoms with Gasteiger partial charge in [0.1, 0.15) is 6.10 Å². The lowest BCUT2D eigenvalue weighted by molar-refractivity contribution is -0.145. The molecular weight excluding hydrogens is 646 g/mol. The van der Waals surface area contributed by atoms with E-state index in [1.165, 1.54) is 26.4 Å². The Labute approximate surface area is 293 Å². The predicted molar refractivity (Wildman–Crippen MR) is 186 cm³/mol. The Kier molecular flexibility index (Phi) is 14.1. The largest absolute Gasteiger partial charge is 0.493 e. The van der Waals surface area contributed by atoms with Crippen molar-refractivity contribution in [1.29, 1.82) is 0 Å². The monoisotopic (exact) mass is 695 g/mol. The average Bonchev–Trinajstić information content (AvgIpc) is 3.34. The molecule has 1 aliphatic carbocycles. The lowest BCUT2D eigenvalue weighted by atomic mass is 9.94. The van der Waals surface area contributed by atoms with Crippen molar-refractivity contribution < 1.29 is 47.5 Å². The number of benzene rings is 1. The summed E-state index contributed by atoms with van der Waals surface area (Å²) in [5, 5.41) is 3.09. The van der Waals surface area contributed by atoms with E-state index in [1.807, 2.05) is 12.1 Å². The molecule has 2 aromatic rings. The molecule has 0 saturated carbocycles. The number of ether oxygens (including phenoxy) is 7. The summed E-state index contributed by atoms with van der Waals surface area (Å²) >= 11 is 0. The summed E-state index contributed by atoms with van der Waals surface area (Å²) in [6.07, 6.45) is 7.32. The van der Waals surface area contributed by atoms with E-state index in [-0.39, 0.29) is 66.6 Å². The fraction of sp³-hybridized carbons (Fsp3) is 0.526. The highest BCUT2D eigenvalue weighted by molar-refractivity contribution is 5.84. The van der Waals surface area contributed by atoms with Crippen LogP contribution in [0.15, 0.2) is 41.2 Å². The number of hydrogen-bond donors (Lipinski definition) is 1. The van der Waals surface area contributed by atoms with E-state index in [2.05, 4.69) is 12.2 Å². The quantitative estimate of drug-likeness (QED) is 0.217. The fourth-order valence-electron chi connectivity index (χ4n) is 6.69. The number of cyclic esters (lactones) is 1. The summed E-state index contributed by atoms with van der Waals surface area (Å²) in [6, 6.07) is 6.29. The van der Waals surface area contributed by atoms with Gasteiger partial charge in [-0.25, -0.2) is 4.79 Å². The number of hydrogen-bond acceptors (Lipinski definition) is 11. The van der Waals surface area contributed by atoms with Crippen LogP contribution in [0, 0.1) is 5.92 Å². The number of amides is 1. The van der Waals surface area contributed by atoms with Crippen molar-refractivity contribution in [2.75, 3.05) is 42.2 Å². The summed E-state index contributed by atoms with van der Waals surface area (Å²) in [7, 11) is 7.69. The molecule has 0 bridgehead atoms. The summed E-state index contributed by atoms with van der Waals surface area (Å²) in [6.45, 7) is 2.29. The molecule has 0 radical (unpaired) electrons. The van der Waals surface area contributed by atoms with Gasteiger partial charge in [-0.1, -0.05) is 19.1 Å². The van der Waals surface area contributed by atoms with Crippen LogP contribution in [-0.2, 0) is 35.0 Å². The first kappa shape index (κ1) is 38.2. The van der Waals surface area contributed by atoms with Crippen LogP contribution in [0.1, 0.15) is 75.5 Å². The molecule has 4 rings (SSSR count). The number of nitrogens with one attached hydrogen (secondary N) is 1. The van der Waals surface area contributed by atoms with Gasteiger partial charge in [0.05, 0.1) is 47.2 Å². The van der Waals surface area contributed by atoms with Crippen LogP contribution >= 0.6 is 0 Å². The van der Waals surface area contributed by atoms with Crippen LogP contribution in [-0.4, -0.2) is 72.2 Å². The zero-order chi connectivity index (χ0) is 36.2. The van der Waals surface area contributed by atoms with Gasteiger partial charge in [-0.2, -0.15) is 0 Å². The maximum Gasteiger partial charge on any atom is 0.330 e. The van der Waals surface area contributed by atoms with Gasteiger partial charge in [-0.15, -0.1) is 0 Å². The molecule has 2 aliphatic rings. The van der Waals surface area contributed by atoms with Gasteiger partial charge in [-0.3, -0.25) is 14.4 Å². The highest BCUT2D eigenvalue weighted by Crippen LogP contribution is 2.50. The first-order valence-corrected chi connectivity index (χ1v) is 17.0. The zero-order valence-corrected chi connectivity index (χ0v) is 29.8. The number of rotatable bonds is 17. The Morgan fingerprint density at radius 3 is 2.40 bits per heavy atom. The van der Waals surface area contributed by atoms with Crippen LogP contribution in [0.3, 0.4) is 0 Å². The van der Waals surface area contributed by atoms with E-state index in [1.54, 1.807) is 33.5 Å². The Bertz CT molecular complexity index is 1600. The maximum absolute atomic E-state index is 13.2. The Morgan fingerprint density at radius 2 is 1.72 bits per heavy atom. The van der Waals surface area contributed by atoms with E-state index in [0.29, 0.717) is 60.5 Å². The molecule has 1 aliphatic heterocycles. The second kappa shape index (κ2) is 18.4. The van der Waals surface area contributed by atoms with Gasteiger partial charge >= 0.3 is 11.9 Å². The van der Waals surface area contributed by atoms with Crippen molar-refractivity contribution in [3.05, 3.63) is 57.8 Å². The number of carbonyl (C=O) groups excluding carboxylic acids is 3. The van der Waals surface area contributed by atoms with Crippen LogP contribution in [0.2, 0.25) is 0 Å². The molecule has 0 aromatic heterocycles. The Hall–Kier alpha value is -4.58. The van der Waals surface area contributed by atoms with E-state index in [9.17, 15) is 19.2 Å². The highest BCUT2D eigenvalue weighted by atomic mass is 16.5. The van der Waals surface area contributed by atoms with E-state index >= 15 is 0 Å². The Balaban J connectivity index is 1.34. The van der Waals surface area contributed by atoms with Crippen LogP contribution in [0.4, 0.5) is 0 Å². The minimum Gasteiger partial charge on any atom is -0.493 e. The lowest BCUT2D eigenvalue weighted by Crippen LogP contribution is -2.29. The van der Waals surface area contributed by atoms with Gasteiger partial charge < -0.3 is 38.5 Å². The number of esters is 2. The van der Waals surface area contributed by atoms with Crippen LogP contribution in [0.5, 0.6) is 23.0 Å². The molecule has 12 heteroatoms. The second-order valence-electron chi connectivity index (χ2n) is 12.6. The van der Waals surface area contributed by atoms with Gasteiger partial charge in [0.15, 0.2) is 17.2 Å². The summed E-state index contributed by atoms with van der Waals surface area (Å²) in [5.41, 5.74) is 2.65. The van der Waals surface area contributed by atoms with Crippen molar-refractivity contribution in [1.82, 2.24) is 5.32 Å². The minimum absolute atomic E-state index is 0.0857. The van der Waals surface area contributed by atoms with Crippen molar-refractivity contribution in [3.8, 4) is 34.1 Å². The number of methoxy groups -OCH3 is 5. The third kappa shape index (κ3) is 9.77. The number of aryl methyl sites for hydroxylation is 1. The van der Waals surface area contributed by atoms with E-state index in [0.717, 1.165) is 24.0 Å². The molecule has 272 valence electrons. The molecule has 2 aromatic carbocycles. The second-order valence-corrected chi connectivity index (χ2v) is 12.6. The Morgan fingerprint density at radius 1 is 0.960 bits per heavy atom. The molecule has 1 heterocycles. The topological polar surface area (TPSA) is 145 Å². The summed E-state index contributed by atoms with van der Waals surface area (Å²) in [5.74, 6) is 0.866. The van der Waals surface area contributed by atoms with Crippen LogP contribution < -0.4 is 29.7 Å². The van der Waals surface area contributed by atoms with E-state index < -0.39 is 6.04 Å². The normalized spacial score (nSPS) is 17.6. The average molecular weight is 696 g/mol. The molecule has 1 N–H and O–H groups in total. The van der Waals surface area contributed by atoms with Crippen LogP contribution in [0.25, 0.3) is 11.1 Å². The molecule has 50 heavy (non-hydrogen) atoms. The van der Waals surface area contributed by atoms with Gasteiger partial charge in [0.2, 0.25) is 17.1 Å². The SMILES string of the molecule is COc1cc2c(c(OC)c1OC)-c1ccc(OC)c(=O)cc1[C@@H](NC(=O)CCCC(=O)OCC[C@H](C[C@H](C)C[C@@H]1CC=CC(=O)O1)OC)CC2. The van der Waals surface area contributed by atoms with E-state index in [4.69, 9.17) is 33.2 Å². The third-order valence-corrected chi connectivity index (χ3v) is 9.14. The lowest BCUT2D eigenvalue weighted by Gasteiger charge is -2.24. The number of carbonyl (C=O) groups is 3. The molecule has 4 atom stereocenters. The first-order chi connectivity index (χ1) is 24.1. The smallest absolute Gasteiger partial charge is 0.330 e. The van der Waals surface area contributed by atoms with Crippen molar-refractivity contribution in [2.45, 2.75) is 83.0 Å². The molecule has 0 fully saturated rings. The number of fused-ring (bicyclic) bond motifs is 3. The molecule has 0 unspecified atom stereocenters. The predicted octanol–water partition coefficient (Wildman–Crippen LogP) is 5.26. The van der Waals surface area contributed by atoms with Gasteiger partial charge in [-0.05, 0) is 72.9 Å². The third-order valence-electron chi connectivity index (χ3n) is 9.14. The highest BCUT2D eigenvalue weighted by Gasteiger charge is 2.30. The molecule has 0 spiro atoms. The van der Waals surface area contributed by atoms with Crippen molar-refractivity contribution in [3.63, 3.8) is 0 Å². The molecule has 1 amide bonds. The molecule has 0 saturated heterocycles. The molecular formula is C38H49NO11. The zero-order valence-electron chi connectivity index (χ0n) is 29.8. The standard InChI is InChI=1S/C38H49NO11/c1-23(20-26-9-7-12-35(43)50-26)19-25(44-2)17-18-49-34(42)11-8-10-33(41)39-29-15-13-24-21-32(46-4)37(47-5)38(48-6)36(24)27-14-16-31(45-3)30(40)22-28(27)29/h7,12,14,16,21-23,25-26,29H,8-11,13,15,17-20H2,1-6H3,(H,39,41)/t23-,25+,26-,29-/m0/s1. The molecule has 12 nitrogen and oxygen atoms in total. The van der Waals surface area contributed by atoms with Crippen molar-refractivity contribution in [2.24, 2.45) is 5.92 Å².